The highest BCUT2D eigenvalue weighted by atomic mass is 79.9. The summed E-state index contributed by atoms with van der Waals surface area (Å²) in [6, 6.07) is 12.0. The van der Waals surface area contributed by atoms with Crippen LogP contribution in [0.3, 0.4) is 0 Å². The quantitative estimate of drug-likeness (QED) is 0.397. The normalized spacial score (nSPS) is 30.2. The molecule has 3 N–H and O–H groups in total. The number of hydrogen-bond acceptors (Lipinski definition) is 6. The Morgan fingerprint density at radius 1 is 1.21 bits per heavy atom. The van der Waals surface area contributed by atoms with Crippen LogP contribution in [0.5, 0.6) is 5.75 Å². The van der Waals surface area contributed by atoms with E-state index in [1.165, 1.54) is 4.90 Å². The molecule has 3 aliphatic heterocycles. The summed E-state index contributed by atoms with van der Waals surface area (Å²) in [7, 11) is 0. The molecule has 3 aliphatic rings. The van der Waals surface area contributed by atoms with Crippen LogP contribution in [0.15, 0.2) is 48.5 Å². The lowest BCUT2D eigenvalue weighted by atomic mass is 9.70. The number of aliphatic hydroxyl groups excluding tert-OH is 1. The van der Waals surface area contributed by atoms with Crippen LogP contribution < -0.4 is 15.4 Å². The van der Waals surface area contributed by atoms with Gasteiger partial charge in [0.1, 0.15) is 17.4 Å². The number of halogens is 2. The first-order valence-electron chi connectivity index (χ1n) is 12.6. The van der Waals surface area contributed by atoms with Gasteiger partial charge in [-0.1, -0.05) is 39.7 Å². The summed E-state index contributed by atoms with van der Waals surface area (Å²) in [6.07, 6.45) is -0.246. The zero-order chi connectivity index (χ0) is 27.2. The Bertz CT molecular complexity index is 1250. The van der Waals surface area contributed by atoms with Crippen molar-refractivity contribution in [1.29, 1.82) is 0 Å². The molecule has 38 heavy (non-hydrogen) atoms. The molecule has 202 valence electrons. The van der Waals surface area contributed by atoms with Crippen molar-refractivity contribution < 1.29 is 29.0 Å². The van der Waals surface area contributed by atoms with E-state index in [1.807, 2.05) is 6.92 Å². The van der Waals surface area contributed by atoms with Gasteiger partial charge in [-0.25, -0.2) is 0 Å². The van der Waals surface area contributed by atoms with E-state index in [1.54, 1.807) is 55.5 Å². The maximum Gasteiger partial charge on any atom is 0.250 e. The lowest BCUT2D eigenvalue weighted by molar-refractivity contribution is -0.142. The lowest BCUT2D eigenvalue weighted by Gasteiger charge is -2.35. The second-order valence-electron chi connectivity index (χ2n) is 9.86. The zero-order valence-corrected chi connectivity index (χ0v) is 23.2. The molecular weight excluding hydrogens is 578 g/mol. The maximum atomic E-state index is 13.9. The van der Waals surface area contributed by atoms with Crippen LogP contribution in [0.25, 0.3) is 0 Å². The number of rotatable bonds is 8. The average Bonchev–Trinajstić information content (AvgIpc) is 3.49. The molecule has 2 bridgehead atoms. The predicted octanol–water partition coefficient (Wildman–Crippen LogP) is 3.44. The predicted molar refractivity (Wildman–Crippen MR) is 145 cm³/mol. The molecule has 3 amide bonds. The minimum atomic E-state index is -1.24. The molecule has 0 saturated carbocycles. The number of nitrogens with one attached hydrogen (secondary N) is 2. The van der Waals surface area contributed by atoms with Gasteiger partial charge in [-0.05, 0) is 56.7 Å². The molecular formula is C27H29BrClN3O6. The number of alkyl halides is 1. The van der Waals surface area contributed by atoms with Crippen molar-refractivity contribution in [3.05, 3.63) is 53.6 Å². The minimum absolute atomic E-state index is 0.248. The topological polar surface area (TPSA) is 117 Å². The second kappa shape index (κ2) is 10.5. The van der Waals surface area contributed by atoms with Crippen LogP contribution in [0.2, 0.25) is 5.02 Å². The van der Waals surface area contributed by atoms with E-state index < -0.39 is 41.5 Å². The smallest absolute Gasteiger partial charge is 0.250 e. The highest BCUT2D eigenvalue weighted by Crippen LogP contribution is 2.60. The summed E-state index contributed by atoms with van der Waals surface area (Å²) >= 11 is 9.92. The summed E-state index contributed by atoms with van der Waals surface area (Å²) < 4.78 is 11.9. The van der Waals surface area contributed by atoms with Gasteiger partial charge in [-0.2, -0.15) is 0 Å². The third-order valence-electron chi connectivity index (χ3n) is 7.58. The molecule has 9 nitrogen and oxygen atoms in total. The van der Waals surface area contributed by atoms with Crippen molar-refractivity contribution >= 4 is 56.6 Å². The average molecular weight is 607 g/mol. The fourth-order valence-electron chi connectivity index (χ4n) is 6.02. The van der Waals surface area contributed by atoms with E-state index in [-0.39, 0.29) is 23.2 Å². The Morgan fingerprint density at radius 3 is 2.58 bits per heavy atom. The van der Waals surface area contributed by atoms with Crippen molar-refractivity contribution in [1.82, 2.24) is 4.90 Å². The SMILES string of the molecule is CCOc1ccc(NC(=O)[C@H]2[C@@H]3OC4(CC3Br)C(C(=O)Nc3ccccc3Cl)N([C@H](C)CO)C(=O)[C@H]24)cc1. The van der Waals surface area contributed by atoms with Crippen LogP contribution >= 0.6 is 27.5 Å². The second-order valence-corrected chi connectivity index (χ2v) is 11.4. The van der Waals surface area contributed by atoms with Crippen molar-refractivity contribution in [2.45, 2.75) is 48.9 Å². The van der Waals surface area contributed by atoms with Crippen LogP contribution in [-0.4, -0.2) is 69.6 Å². The largest absolute Gasteiger partial charge is 0.494 e. The first kappa shape index (κ1) is 26.9. The standard InChI is InChI=1S/C27H29BrClN3O6/c1-3-37-16-10-8-15(9-11-16)30-24(34)20-21-26(36)32(14(2)13-33)23(27(21)12-17(28)22(20)38-27)25(35)31-19-7-5-4-6-18(19)29/h4-11,14,17,20-23,33H,3,12-13H2,1-2H3,(H,30,34)(H,31,35)/t14-,17?,20-,21+,22-,23?,27?/m1/s1. The summed E-state index contributed by atoms with van der Waals surface area (Å²) in [5.74, 6) is -2.28. The highest BCUT2D eigenvalue weighted by molar-refractivity contribution is 9.09. The van der Waals surface area contributed by atoms with Gasteiger partial charge in [0.2, 0.25) is 17.7 Å². The number of ether oxygens (including phenoxy) is 2. The molecule has 0 aliphatic carbocycles. The number of aliphatic hydroxyl groups is 1. The van der Waals surface area contributed by atoms with E-state index in [9.17, 15) is 19.5 Å². The fraction of sp³-hybridized carbons (Fsp3) is 0.444. The molecule has 1 spiro atoms. The maximum absolute atomic E-state index is 13.9. The number of amides is 3. The molecule has 3 saturated heterocycles. The number of likely N-dealkylation sites (tertiary alicyclic amines) is 1. The molecule has 2 aromatic rings. The zero-order valence-electron chi connectivity index (χ0n) is 20.9. The molecule has 5 rings (SSSR count). The highest BCUT2D eigenvalue weighted by Gasteiger charge is 2.76. The van der Waals surface area contributed by atoms with E-state index >= 15 is 0 Å². The van der Waals surface area contributed by atoms with Crippen LogP contribution in [0, 0.1) is 11.8 Å². The molecule has 0 radical (unpaired) electrons. The number of anilines is 2. The van der Waals surface area contributed by atoms with E-state index in [4.69, 9.17) is 21.1 Å². The number of hydrogen-bond donors (Lipinski definition) is 3. The Balaban J connectivity index is 1.47. The molecule has 0 aromatic heterocycles. The molecule has 3 unspecified atom stereocenters. The van der Waals surface area contributed by atoms with Gasteiger partial charge in [-0.15, -0.1) is 0 Å². The van der Waals surface area contributed by atoms with Crippen LogP contribution in [0.1, 0.15) is 20.3 Å². The molecule has 2 aromatic carbocycles. The summed E-state index contributed by atoms with van der Waals surface area (Å²) in [6.45, 7) is 3.73. The summed E-state index contributed by atoms with van der Waals surface area (Å²) in [5, 5.41) is 16.1. The lowest BCUT2D eigenvalue weighted by Crippen LogP contribution is -2.56. The Kier molecular flexibility index (Phi) is 7.43. The number of carbonyl (C=O) groups excluding carboxylic acids is 3. The third-order valence-corrected chi connectivity index (χ3v) is 8.76. The first-order chi connectivity index (χ1) is 18.2. The number of carbonyl (C=O) groups is 3. The number of nitrogens with zero attached hydrogens (tertiary/aromatic N) is 1. The minimum Gasteiger partial charge on any atom is -0.494 e. The van der Waals surface area contributed by atoms with Gasteiger partial charge in [-0.3, -0.25) is 14.4 Å². The fourth-order valence-corrected chi connectivity index (χ4v) is 7.15. The van der Waals surface area contributed by atoms with E-state index in [0.717, 1.165) is 0 Å². The monoisotopic (exact) mass is 605 g/mol. The molecule has 3 fully saturated rings. The molecule has 11 heteroatoms. The van der Waals surface area contributed by atoms with E-state index in [2.05, 4.69) is 26.6 Å². The van der Waals surface area contributed by atoms with Gasteiger partial charge in [0, 0.05) is 10.5 Å². The van der Waals surface area contributed by atoms with Gasteiger partial charge in [0.15, 0.2) is 0 Å². The number of para-hydroxylation sites is 1. The number of fused-ring (bicyclic) bond motifs is 1. The van der Waals surface area contributed by atoms with Crippen molar-refractivity contribution in [3.8, 4) is 5.75 Å². The van der Waals surface area contributed by atoms with Gasteiger partial charge in [0.25, 0.3) is 0 Å². The first-order valence-corrected chi connectivity index (χ1v) is 13.8. The van der Waals surface area contributed by atoms with Crippen molar-refractivity contribution in [2.75, 3.05) is 23.8 Å². The van der Waals surface area contributed by atoms with Crippen LogP contribution in [-0.2, 0) is 19.1 Å². The third kappa shape index (κ3) is 4.37. The van der Waals surface area contributed by atoms with Crippen molar-refractivity contribution in [3.63, 3.8) is 0 Å². The van der Waals surface area contributed by atoms with Crippen molar-refractivity contribution in [2.24, 2.45) is 11.8 Å². The Morgan fingerprint density at radius 2 is 1.92 bits per heavy atom. The van der Waals surface area contributed by atoms with Gasteiger partial charge < -0.3 is 30.1 Å². The Hall–Kier alpha value is -2.66. The van der Waals surface area contributed by atoms with E-state index in [0.29, 0.717) is 35.2 Å². The molecule has 7 atom stereocenters. The molecule has 3 heterocycles. The summed E-state index contributed by atoms with van der Waals surface area (Å²) in [5.41, 5.74) is -0.290. The van der Waals surface area contributed by atoms with Gasteiger partial charge in [0.05, 0.1) is 47.9 Å². The summed E-state index contributed by atoms with van der Waals surface area (Å²) in [4.78, 5) is 42.4. The number of benzene rings is 2. The van der Waals surface area contributed by atoms with Crippen LogP contribution in [0.4, 0.5) is 11.4 Å². The van der Waals surface area contributed by atoms with Gasteiger partial charge >= 0.3 is 0 Å². The Labute approximate surface area is 233 Å².